The number of piperidine rings is 1. The van der Waals surface area contributed by atoms with Gasteiger partial charge in [-0.25, -0.2) is 9.78 Å². The highest BCUT2D eigenvalue weighted by Crippen LogP contribution is 2.28. The van der Waals surface area contributed by atoms with Gasteiger partial charge in [0.2, 0.25) is 0 Å². The van der Waals surface area contributed by atoms with Gasteiger partial charge in [0.15, 0.2) is 10.8 Å². The highest BCUT2D eigenvalue weighted by Gasteiger charge is 2.34. The molecule has 0 aromatic carbocycles. The fraction of sp³-hybridized carbons (Fsp3) is 0.429. The number of aromatic amines is 1. The summed E-state index contributed by atoms with van der Waals surface area (Å²) in [5.74, 6) is -1.70. The Morgan fingerprint density at radius 2 is 2.04 bits per heavy atom. The van der Waals surface area contributed by atoms with Crippen LogP contribution in [-0.2, 0) is 6.18 Å². The number of thiazole rings is 1. The van der Waals surface area contributed by atoms with Crippen LogP contribution >= 0.6 is 11.3 Å². The number of H-pyrrole nitrogens is 1. The molecule has 1 saturated heterocycles. The zero-order valence-corrected chi connectivity index (χ0v) is 14.0. The molecule has 0 radical (unpaired) electrons. The molecular formula is C14H14F3N5O3S. The van der Waals surface area contributed by atoms with Crippen LogP contribution in [0.4, 0.5) is 18.3 Å². The van der Waals surface area contributed by atoms with Crippen molar-refractivity contribution >= 4 is 28.3 Å². The summed E-state index contributed by atoms with van der Waals surface area (Å²) in [4.78, 5) is 29.1. The molecule has 8 nitrogen and oxygen atoms in total. The quantitative estimate of drug-likeness (QED) is 0.737. The van der Waals surface area contributed by atoms with E-state index >= 15 is 0 Å². The van der Waals surface area contributed by atoms with Crippen LogP contribution in [0, 0.1) is 0 Å². The van der Waals surface area contributed by atoms with E-state index in [-0.39, 0.29) is 16.6 Å². The molecule has 1 aliphatic rings. The number of carbonyl (C=O) groups excluding carboxylic acids is 1. The number of aromatic nitrogens is 3. The smallest absolute Gasteiger partial charge is 0.432 e. The second-order valence-electron chi connectivity index (χ2n) is 5.71. The van der Waals surface area contributed by atoms with Crippen LogP contribution in [0.25, 0.3) is 0 Å². The normalized spacial score (nSPS) is 15.9. The van der Waals surface area contributed by atoms with Crippen LogP contribution in [-0.4, -0.2) is 51.3 Å². The van der Waals surface area contributed by atoms with Gasteiger partial charge in [0.05, 0.1) is 6.20 Å². The Morgan fingerprint density at radius 3 is 2.58 bits per heavy atom. The average molecular weight is 389 g/mol. The van der Waals surface area contributed by atoms with Gasteiger partial charge in [-0.15, -0.1) is 0 Å². The van der Waals surface area contributed by atoms with E-state index in [9.17, 15) is 22.8 Å². The first-order valence-corrected chi connectivity index (χ1v) is 8.43. The Morgan fingerprint density at radius 1 is 1.35 bits per heavy atom. The van der Waals surface area contributed by atoms with Crippen LogP contribution in [0.15, 0.2) is 12.3 Å². The second-order valence-corrected chi connectivity index (χ2v) is 6.72. The molecule has 0 bridgehead atoms. The monoisotopic (exact) mass is 389 g/mol. The molecule has 3 N–H and O–H groups in total. The number of carboxylic acids is 1. The number of nitrogens with one attached hydrogen (secondary N) is 2. The van der Waals surface area contributed by atoms with Crippen molar-refractivity contribution in [3.8, 4) is 0 Å². The number of alkyl halides is 3. The molecule has 1 fully saturated rings. The number of rotatable bonds is 4. The SMILES string of the molecule is O=C(NC1CCN(c2ncc(C(=O)O)s2)CC1)c1cc(C(F)(F)F)[nH]n1. The highest BCUT2D eigenvalue weighted by molar-refractivity contribution is 7.17. The summed E-state index contributed by atoms with van der Waals surface area (Å²) in [6, 6.07) is 0.469. The lowest BCUT2D eigenvalue weighted by Crippen LogP contribution is -2.44. The van der Waals surface area contributed by atoms with Crippen LogP contribution in [0.1, 0.15) is 38.7 Å². The van der Waals surface area contributed by atoms with Gasteiger partial charge in [-0.1, -0.05) is 11.3 Å². The van der Waals surface area contributed by atoms with E-state index in [1.54, 1.807) is 5.10 Å². The van der Waals surface area contributed by atoms with E-state index in [2.05, 4.69) is 15.4 Å². The molecule has 0 aliphatic carbocycles. The van der Waals surface area contributed by atoms with E-state index < -0.39 is 23.7 Å². The van der Waals surface area contributed by atoms with Crippen molar-refractivity contribution in [1.29, 1.82) is 0 Å². The topological polar surface area (TPSA) is 111 Å². The molecule has 3 rings (SSSR count). The molecule has 1 aliphatic heterocycles. The molecule has 12 heteroatoms. The molecule has 26 heavy (non-hydrogen) atoms. The van der Waals surface area contributed by atoms with Crippen LogP contribution < -0.4 is 10.2 Å². The van der Waals surface area contributed by atoms with E-state index in [0.29, 0.717) is 37.1 Å². The molecule has 2 aromatic heterocycles. The maximum Gasteiger partial charge on any atom is 0.432 e. The summed E-state index contributed by atoms with van der Waals surface area (Å²) in [7, 11) is 0. The molecular weight excluding hydrogens is 375 g/mol. The lowest BCUT2D eigenvalue weighted by Gasteiger charge is -2.31. The number of aromatic carboxylic acids is 1. The van der Waals surface area contributed by atoms with Crippen LogP contribution in [0.3, 0.4) is 0 Å². The maximum absolute atomic E-state index is 12.5. The zero-order chi connectivity index (χ0) is 18.9. The van der Waals surface area contributed by atoms with Crippen molar-refractivity contribution in [2.45, 2.75) is 25.1 Å². The molecule has 0 saturated carbocycles. The largest absolute Gasteiger partial charge is 0.477 e. The van der Waals surface area contributed by atoms with Gasteiger partial charge >= 0.3 is 12.1 Å². The van der Waals surface area contributed by atoms with E-state index in [4.69, 9.17) is 5.11 Å². The summed E-state index contributed by atoms with van der Waals surface area (Å²) < 4.78 is 37.6. The molecule has 1 amide bonds. The zero-order valence-electron chi connectivity index (χ0n) is 13.2. The Balaban J connectivity index is 1.54. The maximum atomic E-state index is 12.5. The molecule has 140 valence electrons. The summed E-state index contributed by atoms with van der Waals surface area (Å²) in [5, 5.41) is 17.4. The van der Waals surface area contributed by atoms with Crippen LogP contribution in [0.2, 0.25) is 0 Å². The third-order valence-corrected chi connectivity index (χ3v) is 4.97. The van der Waals surface area contributed by atoms with Crippen LogP contribution in [0.5, 0.6) is 0 Å². The predicted octanol–water partition coefficient (Wildman–Crippen LogP) is 1.98. The summed E-state index contributed by atoms with van der Waals surface area (Å²) in [6.45, 7) is 1.10. The van der Waals surface area contributed by atoms with Gasteiger partial charge in [0, 0.05) is 25.2 Å². The Hall–Kier alpha value is -2.63. The third kappa shape index (κ3) is 3.95. The first kappa shape index (κ1) is 18.2. The van der Waals surface area contributed by atoms with Crippen molar-refractivity contribution in [3.63, 3.8) is 0 Å². The van der Waals surface area contributed by atoms with Crippen molar-refractivity contribution in [3.05, 3.63) is 28.5 Å². The lowest BCUT2D eigenvalue weighted by molar-refractivity contribution is -0.141. The number of halogens is 3. The average Bonchev–Trinajstić information content (AvgIpc) is 3.25. The van der Waals surface area contributed by atoms with Gasteiger partial charge in [-0.3, -0.25) is 9.89 Å². The number of hydrogen-bond donors (Lipinski definition) is 3. The summed E-state index contributed by atoms with van der Waals surface area (Å²) in [6.07, 6.45) is -2.17. The number of carbonyl (C=O) groups is 2. The Bertz CT molecular complexity index is 811. The second kappa shape index (κ2) is 6.94. The Kier molecular flexibility index (Phi) is 4.85. The van der Waals surface area contributed by atoms with Crippen molar-refractivity contribution in [1.82, 2.24) is 20.5 Å². The summed E-state index contributed by atoms with van der Waals surface area (Å²) in [5.41, 5.74) is -1.39. The fourth-order valence-electron chi connectivity index (χ4n) is 2.57. The van der Waals surface area contributed by atoms with Crippen molar-refractivity contribution < 1.29 is 27.9 Å². The third-order valence-electron chi connectivity index (χ3n) is 3.92. The number of carboxylic acid groups (broad SMARTS) is 1. The van der Waals surface area contributed by atoms with Gasteiger partial charge in [-0.05, 0) is 12.8 Å². The van der Waals surface area contributed by atoms with Crippen molar-refractivity contribution in [2.24, 2.45) is 0 Å². The van der Waals surface area contributed by atoms with E-state index in [1.807, 2.05) is 4.90 Å². The van der Waals surface area contributed by atoms with Gasteiger partial charge in [-0.2, -0.15) is 18.3 Å². The van der Waals surface area contributed by atoms with E-state index in [1.165, 1.54) is 6.20 Å². The first-order chi connectivity index (χ1) is 12.2. The van der Waals surface area contributed by atoms with Gasteiger partial charge in [0.25, 0.3) is 5.91 Å². The minimum Gasteiger partial charge on any atom is -0.477 e. The molecule has 3 heterocycles. The first-order valence-electron chi connectivity index (χ1n) is 7.61. The standard InChI is InChI=1S/C14H14F3N5O3S/c15-14(16,17)10-5-8(20-21-10)11(23)19-7-1-3-22(4-2-7)13-18-6-9(26-13)12(24)25/h5-7H,1-4H2,(H,19,23)(H,20,21)(H,24,25). The van der Waals surface area contributed by atoms with Gasteiger partial charge < -0.3 is 15.3 Å². The highest BCUT2D eigenvalue weighted by atomic mass is 32.1. The molecule has 2 aromatic rings. The molecule has 0 spiro atoms. The number of amides is 1. The lowest BCUT2D eigenvalue weighted by atomic mass is 10.1. The predicted molar refractivity (Wildman–Crippen MR) is 85.4 cm³/mol. The number of hydrogen-bond acceptors (Lipinski definition) is 6. The molecule has 0 unspecified atom stereocenters. The van der Waals surface area contributed by atoms with Gasteiger partial charge in [0.1, 0.15) is 10.6 Å². The Labute approximate surface area is 149 Å². The summed E-state index contributed by atoms with van der Waals surface area (Å²) >= 11 is 1.07. The van der Waals surface area contributed by atoms with E-state index in [0.717, 1.165) is 11.3 Å². The number of anilines is 1. The molecule has 0 atom stereocenters. The fourth-order valence-corrected chi connectivity index (χ4v) is 3.37. The minimum atomic E-state index is -4.58. The van der Waals surface area contributed by atoms with Crippen molar-refractivity contribution in [2.75, 3.05) is 18.0 Å². The number of nitrogens with zero attached hydrogens (tertiary/aromatic N) is 3. The minimum absolute atomic E-state index is 0.148.